The van der Waals surface area contributed by atoms with Crippen molar-refractivity contribution in [2.45, 2.75) is 52.4 Å². The maximum absolute atomic E-state index is 9.85. The number of aromatic hydroxyl groups is 4. The van der Waals surface area contributed by atoms with Crippen molar-refractivity contribution in [1.29, 1.82) is 0 Å². The van der Waals surface area contributed by atoms with Crippen LogP contribution in [0.3, 0.4) is 0 Å². The molecular weight excluding hydrogens is 768 g/mol. The molecule has 212 valence electrons. The summed E-state index contributed by atoms with van der Waals surface area (Å²) in [5.41, 5.74) is 5.63. The maximum atomic E-state index is 9.85. The molecule has 0 atom stereocenters. The summed E-state index contributed by atoms with van der Waals surface area (Å²) < 4.78 is 2.54. The second-order valence-electron chi connectivity index (χ2n) is 10.8. The van der Waals surface area contributed by atoms with Gasteiger partial charge in [0.05, 0.1) is 17.9 Å². The van der Waals surface area contributed by atoms with Crippen molar-refractivity contribution < 1.29 is 20.4 Å². The fraction of sp³-hybridized carbons (Fsp3) is 0.250. The van der Waals surface area contributed by atoms with Crippen LogP contribution in [0.1, 0.15) is 61.1 Å². The van der Waals surface area contributed by atoms with Crippen LogP contribution in [0.5, 0.6) is 23.0 Å². The van der Waals surface area contributed by atoms with E-state index >= 15 is 0 Å². The van der Waals surface area contributed by atoms with Crippen LogP contribution in [0.15, 0.2) is 78.6 Å². The van der Waals surface area contributed by atoms with E-state index in [9.17, 15) is 20.4 Å². The van der Waals surface area contributed by atoms with Gasteiger partial charge in [0.2, 0.25) is 0 Å². The summed E-state index contributed by atoms with van der Waals surface area (Å²) in [5.74, 6) is 1.01. The van der Waals surface area contributed by atoms with Gasteiger partial charge < -0.3 is 20.4 Å². The summed E-state index contributed by atoms with van der Waals surface area (Å²) in [6.07, 6.45) is 0. The van der Waals surface area contributed by atoms with Crippen molar-refractivity contribution >= 4 is 63.7 Å². The van der Waals surface area contributed by atoms with Crippen molar-refractivity contribution in [2.75, 3.05) is 0 Å². The molecule has 0 aliphatic carbocycles. The Morgan fingerprint density at radius 3 is 1.00 bits per heavy atom. The zero-order valence-electron chi connectivity index (χ0n) is 23.1. The number of halogens is 4. The van der Waals surface area contributed by atoms with Gasteiger partial charge in [-0.2, -0.15) is 0 Å². The minimum Gasteiger partial charge on any atom is -0.508 e. The van der Waals surface area contributed by atoms with E-state index in [0.29, 0.717) is 29.4 Å². The summed E-state index contributed by atoms with van der Waals surface area (Å²) >= 11 is 13.5. The van der Waals surface area contributed by atoms with E-state index in [1.807, 2.05) is 62.4 Å². The highest BCUT2D eigenvalue weighted by Gasteiger charge is 2.27. The van der Waals surface area contributed by atoms with Crippen LogP contribution in [0.4, 0.5) is 0 Å². The van der Waals surface area contributed by atoms with E-state index in [1.165, 1.54) is 0 Å². The Labute approximate surface area is 269 Å². The molecule has 0 fully saturated rings. The molecule has 0 radical (unpaired) electrons. The van der Waals surface area contributed by atoms with Crippen LogP contribution in [-0.2, 0) is 10.8 Å². The van der Waals surface area contributed by atoms with Gasteiger partial charge in [0.25, 0.3) is 0 Å². The van der Waals surface area contributed by atoms with Crippen molar-refractivity contribution in [2.24, 2.45) is 0 Å². The highest BCUT2D eigenvalue weighted by Crippen LogP contribution is 2.43. The number of aryl methyl sites for hydroxylation is 2. The van der Waals surface area contributed by atoms with Gasteiger partial charge >= 0.3 is 0 Å². The number of hydrogen-bond acceptors (Lipinski definition) is 4. The molecule has 0 aliphatic rings. The first-order valence-electron chi connectivity index (χ1n) is 12.4. The van der Waals surface area contributed by atoms with E-state index < -0.39 is 0 Å². The molecule has 0 saturated heterocycles. The van der Waals surface area contributed by atoms with Crippen LogP contribution in [0.25, 0.3) is 0 Å². The Kier molecular flexibility index (Phi) is 10.1. The van der Waals surface area contributed by atoms with Gasteiger partial charge in [-0.1, -0.05) is 52.0 Å². The van der Waals surface area contributed by atoms with Gasteiger partial charge in [0.15, 0.2) is 0 Å². The number of benzene rings is 4. The van der Waals surface area contributed by atoms with E-state index in [1.54, 1.807) is 12.1 Å². The molecule has 4 rings (SSSR count). The van der Waals surface area contributed by atoms with Crippen LogP contribution < -0.4 is 0 Å². The minimum absolute atomic E-state index is 0.170. The molecule has 0 spiro atoms. The molecule has 0 bridgehead atoms. The molecule has 0 heterocycles. The van der Waals surface area contributed by atoms with Crippen LogP contribution in [-0.4, -0.2) is 20.4 Å². The Balaban J connectivity index is 0.000000222. The lowest BCUT2D eigenvalue weighted by molar-refractivity contribution is 0.466. The molecule has 0 aliphatic heterocycles. The lowest BCUT2D eigenvalue weighted by Gasteiger charge is -2.27. The summed E-state index contributed by atoms with van der Waals surface area (Å²) in [4.78, 5) is 0. The topological polar surface area (TPSA) is 80.9 Å². The molecule has 0 aromatic heterocycles. The van der Waals surface area contributed by atoms with Crippen LogP contribution in [0, 0.1) is 13.8 Å². The first-order valence-corrected chi connectivity index (χ1v) is 15.6. The predicted molar refractivity (Wildman–Crippen MR) is 177 cm³/mol. The molecule has 4 aromatic rings. The summed E-state index contributed by atoms with van der Waals surface area (Å²) in [6.45, 7) is 12.3. The summed E-state index contributed by atoms with van der Waals surface area (Å²) in [7, 11) is 0. The Bertz CT molecular complexity index is 1400. The molecular formula is C32H32Br4O4. The van der Waals surface area contributed by atoms with Gasteiger partial charge in [-0.05, 0) is 147 Å². The van der Waals surface area contributed by atoms with E-state index in [-0.39, 0.29) is 22.3 Å². The van der Waals surface area contributed by atoms with Gasteiger partial charge in [0, 0.05) is 10.8 Å². The molecule has 0 amide bonds. The third kappa shape index (κ3) is 6.89. The third-order valence-electron chi connectivity index (χ3n) is 7.31. The number of hydrogen-bond donors (Lipinski definition) is 4. The van der Waals surface area contributed by atoms with E-state index in [2.05, 4.69) is 91.4 Å². The summed E-state index contributed by atoms with van der Waals surface area (Å²) in [6, 6.07) is 19.0. The molecule has 0 unspecified atom stereocenters. The van der Waals surface area contributed by atoms with Gasteiger partial charge in [-0.15, -0.1) is 0 Å². The number of rotatable bonds is 4. The van der Waals surface area contributed by atoms with Gasteiger partial charge in [-0.3, -0.25) is 0 Å². The fourth-order valence-corrected chi connectivity index (χ4v) is 6.65. The van der Waals surface area contributed by atoms with Crippen LogP contribution >= 0.6 is 63.7 Å². The first-order chi connectivity index (χ1) is 18.5. The second-order valence-corrected chi connectivity index (χ2v) is 14.2. The second kappa shape index (κ2) is 12.5. The van der Waals surface area contributed by atoms with Gasteiger partial charge in [-0.25, -0.2) is 0 Å². The zero-order valence-corrected chi connectivity index (χ0v) is 29.4. The average molecular weight is 800 g/mol. The summed E-state index contributed by atoms with van der Waals surface area (Å²) in [5, 5.41) is 39.0. The quantitative estimate of drug-likeness (QED) is 0.166. The zero-order chi connectivity index (χ0) is 30.2. The number of phenolic OH excluding ortho intramolecular Hbond substituents is 4. The predicted octanol–water partition coefficient (Wildman–Crippen LogP) is 10.5. The smallest absolute Gasteiger partial charge is 0.143 e. The lowest BCUT2D eigenvalue weighted by Crippen LogP contribution is -2.19. The molecule has 40 heavy (non-hydrogen) atoms. The van der Waals surface area contributed by atoms with Crippen molar-refractivity contribution in [3.05, 3.63) is 112 Å². The molecule has 4 aromatic carbocycles. The minimum atomic E-state index is -0.308. The SMILES string of the molecule is CC(C)(c1cc(Br)c(O)c(Br)c1)c1cc(Br)c(O)c(Br)c1.Cc1cc(C(C)(C)c2ccc(O)c(C)c2)ccc1O. The molecule has 4 N–H and O–H groups in total. The molecule has 4 nitrogen and oxygen atoms in total. The van der Waals surface area contributed by atoms with Gasteiger partial charge in [0.1, 0.15) is 23.0 Å². The molecule has 0 saturated carbocycles. The largest absolute Gasteiger partial charge is 0.508 e. The van der Waals surface area contributed by atoms with E-state index in [0.717, 1.165) is 33.4 Å². The highest BCUT2D eigenvalue weighted by molar-refractivity contribution is 9.11. The maximum Gasteiger partial charge on any atom is 0.143 e. The van der Waals surface area contributed by atoms with E-state index in [4.69, 9.17) is 0 Å². The highest BCUT2D eigenvalue weighted by atomic mass is 79.9. The first kappa shape index (κ1) is 32.5. The van der Waals surface area contributed by atoms with Crippen molar-refractivity contribution in [3.8, 4) is 23.0 Å². The Morgan fingerprint density at radius 1 is 0.450 bits per heavy atom. The molecule has 8 heteroatoms. The Morgan fingerprint density at radius 2 is 0.725 bits per heavy atom. The standard InChI is InChI=1S/C17H20O2.C15H12Br4O2/c1-11-9-13(5-7-15(11)18)17(3,4)14-6-8-16(19)12(2)10-14;1-15(2,7-3-9(16)13(20)10(17)4-7)8-5-11(18)14(21)12(19)6-8/h5-10,18-19H,1-4H3;3-6,20-21H,1-2H3. The normalized spacial score (nSPS) is 11.7. The Hall–Kier alpha value is -2.00. The average Bonchev–Trinajstić information content (AvgIpc) is 2.88. The monoisotopic (exact) mass is 796 g/mol. The van der Waals surface area contributed by atoms with Crippen LogP contribution in [0.2, 0.25) is 0 Å². The number of phenols is 4. The van der Waals surface area contributed by atoms with Crippen molar-refractivity contribution in [3.63, 3.8) is 0 Å². The third-order valence-corrected chi connectivity index (χ3v) is 9.73. The van der Waals surface area contributed by atoms with Crippen molar-refractivity contribution in [1.82, 2.24) is 0 Å². The fourth-order valence-electron chi connectivity index (χ4n) is 4.27. The lowest BCUT2D eigenvalue weighted by atomic mass is 9.77.